The lowest BCUT2D eigenvalue weighted by molar-refractivity contribution is -0.126. The van der Waals surface area contributed by atoms with Gasteiger partial charge in [-0.1, -0.05) is 54.6 Å². The highest BCUT2D eigenvalue weighted by atomic mass is 35.5. The van der Waals surface area contributed by atoms with E-state index in [2.05, 4.69) is 41.4 Å². The smallest absolute Gasteiger partial charge is 0.237 e. The lowest BCUT2D eigenvalue weighted by Crippen LogP contribution is -2.45. The zero-order valence-corrected chi connectivity index (χ0v) is 17.1. The van der Waals surface area contributed by atoms with Crippen LogP contribution in [0.3, 0.4) is 0 Å². The molecular formula is C22H30ClN3O. The van der Waals surface area contributed by atoms with Crippen LogP contribution in [0, 0.1) is 6.92 Å². The van der Waals surface area contributed by atoms with Crippen molar-refractivity contribution in [1.29, 1.82) is 0 Å². The molecule has 0 aliphatic carbocycles. The Labute approximate surface area is 168 Å². The lowest BCUT2D eigenvalue weighted by atomic mass is 9.95. The third-order valence-electron chi connectivity index (χ3n) is 5.56. The fraction of sp³-hybridized carbons (Fsp3) is 0.409. The predicted octanol–water partition coefficient (Wildman–Crippen LogP) is 3.41. The van der Waals surface area contributed by atoms with Gasteiger partial charge in [-0.3, -0.25) is 9.69 Å². The Morgan fingerprint density at radius 2 is 1.70 bits per heavy atom. The second-order valence-electron chi connectivity index (χ2n) is 7.40. The zero-order valence-electron chi connectivity index (χ0n) is 16.3. The van der Waals surface area contributed by atoms with Crippen LogP contribution in [0.2, 0.25) is 0 Å². The van der Waals surface area contributed by atoms with E-state index in [0.717, 1.165) is 18.7 Å². The Kier molecular flexibility index (Phi) is 7.42. The van der Waals surface area contributed by atoms with E-state index in [1.54, 1.807) is 0 Å². The van der Waals surface area contributed by atoms with E-state index in [-0.39, 0.29) is 42.4 Å². The number of amides is 1. The Hall–Kier alpha value is -1.88. The molecule has 2 unspecified atom stereocenters. The number of carbonyl (C=O) groups is 1. The topological polar surface area (TPSA) is 58.4 Å². The molecule has 1 amide bonds. The van der Waals surface area contributed by atoms with Crippen molar-refractivity contribution in [2.45, 2.75) is 44.8 Å². The second-order valence-corrected chi connectivity index (χ2v) is 7.40. The van der Waals surface area contributed by atoms with Gasteiger partial charge in [0.05, 0.1) is 12.1 Å². The molecule has 0 saturated carbocycles. The maximum atomic E-state index is 12.8. The molecule has 1 aliphatic rings. The molecule has 1 aliphatic heterocycles. The molecule has 0 bridgehead atoms. The van der Waals surface area contributed by atoms with E-state index in [1.165, 1.54) is 11.1 Å². The lowest BCUT2D eigenvalue weighted by Gasteiger charge is -2.26. The van der Waals surface area contributed by atoms with Gasteiger partial charge < -0.3 is 11.1 Å². The highest BCUT2D eigenvalue weighted by molar-refractivity contribution is 5.85. The standard InChI is InChI=1S/C22H29N3O.ClH/c1-15-9-7-8-12-19(15)16(2)24-22(26)17(3)25-13-20(21(23)14-25)18-10-5-4-6-11-18;/h4-12,16-17,20-21H,13-14,23H2,1-3H3,(H,24,26);1H/t16?,17?,20-,21+;/m0./s1. The summed E-state index contributed by atoms with van der Waals surface area (Å²) in [5.74, 6) is 0.335. The molecule has 2 aromatic carbocycles. The van der Waals surface area contributed by atoms with Crippen LogP contribution in [0.25, 0.3) is 0 Å². The predicted molar refractivity (Wildman–Crippen MR) is 113 cm³/mol. The van der Waals surface area contributed by atoms with Crippen molar-refractivity contribution in [2.24, 2.45) is 5.73 Å². The highest BCUT2D eigenvalue weighted by Crippen LogP contribution is 2.28. The molecule has 1 fully saturated rings. The van der Waals surface area contributed by atoms with Crippen LogP contribution < -0.4 is 11.1 Å². The number of halogens is 1. The summed E-state index contributed by atoms with van der Waals surface area (Å²) in [5.41, 5.74) is 9.99. The van der Waals surface area contributed by atoms with Crippen molar-refractivity contribution in [3.63, 3.8) is 0 Å². The molecule has 1 heterocycles. The normalized spacial score (nSPS) is 21.9. The average Bonchev–Trinajstić information content (AvgIpc) is 3.03. The summed E-state index contributed by atoms with van der Waals surface area (Å²) >= 11 is 0. The van der Waals surface area contributed by atoms with Crippen LogP contribution in [-0.2, 0) is 4.79 Å². The summed E-state index contributed by atoms with van der Waals surface area (Å²) in [6.45, 7) is 7.65. The van der Waals surface area contributed by atoms with E-state index in [0.29, 0.717) is 0 Å². The maximum absolute atomic E-state index is 12.8. The molecule has 1 saturated heterocycles. The third kappa shape index (κ3) is 4.89. The summed E-state index contributed by atoms with van der Waals surface area (Å²) in [7, 11) is 0. The van der Waals surface area contributed by atoms with Crippen LogP contribution in [-0.4, -0.2) is 36.0 Å². The van der Waals surface area contributed by atoms with Crippen LogP contribution in [0.1, 0.15) is 42.5 Å². The van der Waals surface area contributed by atoms with Gasteiger partial charge in [-0.15, -0.1) is 12.4 Å². The SMILES string of the molecule is Cc1ccccc1C(C)NC(=O)C(C)N1C[C@@H](N)[C@H](c2ccccc2)C1.Cl. The van der Waals surface area contributed by atoms with Crippen molar-refractivity contribution in [1.82, 2.24) is 10.2 Å². The van der Waals surface area contributed by atoms with E-state index in [4.69, 9.17) is 5.73 Å². The Bertz CT molecular complexity index is 752. The van der Waals surface area contributed by atoms with Crippen molar-refractivity contribution in [3.05, 3.63) is 71.3 Å². The van der Waals surface area contributed by atoms with Crippen LogP contribution in [0.4, 0.5) is 0 Å². The van der Waals surface area contributed by atoms with E-state index in [1.807, 2.05) is 44.2 Å². The molecule has 3 rings (SSSR count). The largest absolute Gasteiger partial charge is 0.348 e. The molecule has 3 N–H and O–H groups in total. The summed E-state index contributed by atoms with van der Waals surface area (Å²) < 4.78 is 0. The Morgan fingerprint density at radius 1 is 1.07 bits per heavy atom. The highest BCUT2D eigenvalue weighted by Gasteiger charge is 2.35. The molecule has 4 nitrogen and oxygen atoms in total. The first-order valence-electron chi connectivity index (χ1n) is 9.38. The molecule has 2 aromatic rings. The number of nitrogens with one attached hydrogen (secondary N) is 1. The summed E-state index contributed by atoms with van der Waals surface area (Å²) in [4.78, 5) is 15.0. The minimum absolute atomic E-state index is 0. The van der Waals surface area contributed by atoms with Gasteiger partial charge in [0.15, 0.2) is 0 Å². The monoisotopic (exact) mass is 387 g/mol. The molecule has 27 heavy (non-hydrogen) atoms. The number of hydrogen-bond donors (Lipinski definition) is 2. The van der Waals surface area contributed by atoms with Crippen molar-refractivity contribution in [3.8, 4) is 0 Å². The number of hydrogen-bond acceptors (Lipinski definition) is 3. The zero-order chi connectivity index (χ0) is 18.7. The molecule has 5 heteroatoms. The number of nitrogens with zero attached hydrogens (tertiary/aromatic N) is 1. The van der Waals surface area contributed by atoms with Crippen LogP contribution in [0.15, 0.2) is 54.6 Å². The first-order valence-corrected chi connectivity index (χ1v) is 9.38. The molecule has 0 radical (unpaired) electrons. The summed E-state index contributed by atoms with van der Waals surface area (Å²) in [5, 5.41) is 3.16. The van der Waals surface area contributed by atoms with Gasteiger partial charge in [0.1, 0.15) is 0 Å². The van der Waals surface area contributed by atoms with Crippen LogP contribution >= 0.6 is 12.4 Å². The first kappa shape index (κ1) is 21.4. The number of nitrogens with two attached hydrogens (primary N) is 1. The Morgan fingerprint density at radius 3 is 2.37 bits per heavy atom. The fourth-order valence-electron chi connectivity index (χ4n) is 3.88. The van der Waals surface area contributed by atoms with E-state index in [9.17, 15) is 4.79 Å². The fourth-order valence-corrected chi connectivity index (χ4v) is 3.88. The Balaban J connectivity index is 0.00000261. The average molecular weight is 388 g/mol. The number of aryl methyl sites for hydroxylation is 1. The van der Waals surface area contributed by atoms with Gasteiger partial charge in [-0.2, -0.15) is 0 Å². The molecule has 0 spiro atoms. The van der Waals surface area contributed by atoms with Gasteiger partial charge in [-0.05, 0) is 37.5 Å². The maximum Gasteiger partial charge on any atom is 0.237 e. The molecule has 146 valence electrons. The van der Waals surface area contributed by atoms with Gasteiger partial charge in [-0.25, -0.2) is 0 Å². The minimum Gasteiger partial charge on any atom is -0.348 e. The summed E-state index contributed by atoms with van der Waals surface area (Å²) in [6, 6.07) is 18.4. The van der Waals surface area contributed by atoms with E-state index >= 15 is 0 Å². The number of likely N-dealkylation sites (tertiary alicyclic amines) is 1. The van der Waals surface area contributed by atoms with Gasteiger partial charge >= 0.3 is 0 Å². The molecule has 0 aromatic heterocycles. The van der Waals surface area contributed by atoms with Gasteiger partial charge in [0.2, 0.25) is 5.91 Å². The third-order valence-corrected chi connectivity index (χ3v) is 5.56. The molecular weight excluding hydrogens is 358 g/mol. The van der Waals surface area contributed by atoms with Gasteiger partial charge in [0.25, 0.3) is 0 Å². The quantitative estimate of drug-likeness (QED) is 0.826. The van der Waals surface area contributed by atoms with Crippen molar-refractivity contribution in [2.75, 3.05) is 13.1 Å². The van der Waals surface area contributed by atoms with Crippen molar-refractivity contribution < 1.29 is 4.79 Å². The van der Waals surface area contributed by atoms with Crippen LogP contribution in [0.5, 0.6) is 0 Å². The minimum atomic E-state index is -0.193. The summed E-state index contributed by atoms with van der Waals surface area (Å²) in [6.07, 6.45) is 0. The van der Waals surface area contributed by atoms with Crippen molar-refractivity contribution >= 4 is 18.3 Å². The number of carbonyl (C=O) groups excluding carboxylic acids is 1. The first-order chi connectivity index (χ1) is 12.5. The second kappa shape index (κ2) is 9.36. The molecule has 4 atom stereocenters. The van der Waals surface area contributed by atoms with Gasteiger partial charge in [0, 0.05) is 25.0 Å². The van der Waals surface area contributed by atoms with E-state index < -0.39 is 0 Å². The number of rotatable bonds is 5. The number of benzene rings is 2.